The predicted octanol–water partition coefficient (Wildman–Crippen LogP) is 1.08. The van der Waals surface area contributed by atoms with Crippen LogP contribution in [0.3, 0.4) is 0 Å². The van der Waals surface area contributed by atoms with Crippen molar-refractivity contribution in [3.05, 3.63) is 11.6 Å². The van der Waals surface area contributed by atoms with Crippen LogP contribution >= 0.6 is 0 Å². The van der Waals surface area contributed by atoms with E-state index in [4.69, 9.17) is 28.4 Å². The van der Waals surface area contributed by atoms with E-state index >= 15 is 0 Å². The highest BCUT2D eigenvalue weighted by molar-refractivity contribution is 5.85. The van der Waals surface area contributed by atoms with Gasteiger partial charge in [0.05, 0.1) is 36.1 Å². The number of aliphatic hydroxyl groups is 6. The molecule has 13 nitrogen and oxygen atoms in total. The number of hydrogen-bond acceptors (Lipinski definition) is 13. The zero-order chi connectivity index (χ0) is 35.1. The first-order valence-corrected chi connectivity index (χ1v) is 18.3. The van der Waals surface area contributed by atoms with Crippen molar-refractivity contribution in [2.75, 3.05) is 20.3 Å². The van der Waals surface area contributed by atoms with Crippen LogP contribution in [0.25, 0.3) is 0 Å². The van der Waals surface area contributed by atoms with E-state index in [0.29, 0.717) is 32.3 Å². The Labute approximate surface area is 287 Å². The molecule has 0 bridgehead atoms. The Morgan fingerprint density at radius 1 is 0.898 bits per heavy atom. The minimum Gasteiger partial charge on any atom is -0.458 e. The first kappa shape index (κ1) is 36.1. The lowest BCUT2D eigenvalue weighted by molar-refractivity contribution is -0.347. The van der Waals surface area contributed by atoms with Crippen molar-refractivity contribution in [2.24, 2.45) is 28.6 Å². The van der Waals surface area contributed by atoms with Crippen molar-refractivity contribution in [3.63, 3.8) is 0 Å². The molecule has 0 aromatic heterocycles. The van der Waals surface area contributed by atoms with Crippen molar-refractivity contribution >= 4 is 5.97 Å². The summed E-state index contributed by atoms with van der Waals surface area (Å²) < 4.78 is 35.4. The molecule has 0 spiro atoms. The van der Waals surface area contributed by atoms with Crippen LogP contribution in [-0.4, -0.2) is 130 Å². The van der Waals surface area contributed by atoms with E-state index in [0.717, 1.165) is 44.1 Å². The molecule has 0 aromatic carbocycles. The number of fused-ring (bicyclic) bond motifs is 5. The minimum atomic E-state index is -1.56. The Hall–Kier alpha value is -1.23. The predicted molar refractivity (Wildman–Crippen MR) is 170 cm³/mol. The normalized spacial score (nSPS) is 54.4. The third kappa shape index (κ3) is 5.65. The number of rotatable bonds is 7. The van der Waals surface area contributed by atoms with Crippen LogP contribution in [0.5, 0.6) is 0 Å². The molecule has 3 heterocycles. The summed E-state index contributed by atoms with van der Waals surface area (Å²) in [6.07, 6.45) is -1.10. The number of methoxy groups -OCH3 is 1. The number of carbonyl (C=O) groups excluding carboxylic acids is 1. The summed E-state index contributed by atoms with van der Waals surface area (Å²) in [5, 5.41) is 65.4. The first-order chi connectivity index (χ1) is 23.2. The molecule has 6 N–H and O–H groups in total. The molecule has 6 fully saturated rings. The fraction of sp³-hybridized carbons (Fsp3) is 0.917. The molecule has 0 amide bonds. The Morgan fingerprint density at radius 2 is 1.63 bits per heavy atom. The van der Waals surface area contributed by atoms with Gasteiger partial charge in [0.2, 0.25) is 0 Å². The average molecular weight is 697 g/mol. The van der Waals surface area contributed by atoms with Gasteiger partial charge in [0.15, 0.2) is 12.6 Å². The monoisotopic (exact) mass is 696 g/mol. The third-order valence-corrected chi connectivity index (χ3v) is 14.5. The molecule has 3 aliphatic heterocycles. The van der Waals surface area contributed by atoms with Crippen LogP contribution in [-0.2, 0) is 33.2 Å². The van der Waals surface area contributed by atoms with E-state index in [-0.39, 0.29) is 40.7 Å². The fourth-order valence-electron chi connectivity index (χ4n) is 11.5. The Balaban J connectivity index is 0.994. The van der Waals surface area contributed by atoms with E-state index < -0.39 is 73.1 Å². The number of aliphatic hydroxyl groups excluding tert-OH is 4. The smallest absolute Gasteiger partial charge is 0.331 e. The molecule has 4 saturated carbocycles. The quantitative estimate of drug-likeness (QED) is 0.164. The van der Waals surface area contributed by atoms with Crippen LogP contribution in [0.2, 0.25) is 0 Å². The molecule has 13 heteroatoms. The topological polar surface area (TPSA) is 194 Å². The van der Waals surface area contributed by atoms with E-state index in [2.05, 4.69) is 13.8 Å². The van der Waals surface area contributed by atoms with Gasteiger partial charge < -0.3 is 59.1 Å². The van der Waals surface area contributed by atoms with Crippen LogP contribution < -0.4 is 0 Å². The second kappa shape index (κ2) is 13.0. The van der Waals surface area contributed by atoms with Crippen LogP contribution in [0.15, 0.2) is 11.6 Å². The molecule has 2 saturated heterocycles. The summed E-state index contributed by atoms with van der Waals surface area (Å²) in [7, 11) is 1.55. The van der Waals surface area contributed by atoms with Gasteiger partial charge in [0, 0.05) is 31.4 Å². The van der Waals surface area contributed by atoms with Crippen molar-refractivity contribution in [2.45, 2.75) is 158 Å². The largest absolute Gasteiger partial charge is 0.458 e. The molecule has 7 aliphatic rings. The lowest BCUT2D eigenvalue weighted by Crippen LogP contribution is -2.67. The molecule has 7 rings (SSSR count). The number of esters is 1. The van der Waals surface area contributed by atoms with Crippen LogP contribution in [0, 0.1) is 28.6 Å². The zero-order valence-corrected chi connectivity index (χ0v) is 29.1. The Morgan fingerprint density at radius 3 is 2.33 bits per heavy atom. The standard InChI is InChI=1S/C36H56O13/c1-18-31(49-32-30(41)29(40)28(39)25(16-37)48-32)24(44-4)14-27(46-18)47-20-5-9-33(2)22-6-10-34(3)21(19-13-26(38)45-17-19)8-12-36(34,43)23(22)7-11-35(33,42)15-20/h13,18,20-25,27-32,37,39-43H,5-12,14-17H2,1-4H3/t18-,20+,21?,22?,23?,24+,25-,27+,28-,29+,30-,31-,32+,33-,34-,35+,36+/m1/s1. The SMILES string of the molecule is CO[C@H]1C[C@H](O[C@H]2CC[C@]3(C)C4CC[C@]5(C)C(C6=CC(=O)OC6)CC[C@]5(O)C4CC[C@]3(O)C2)O[C@H](C)[C@H]1O[C@@H]1O[C@H](CO)[C@@H](O)[C@H](O)[C@H]1O. The maximum atomic E-state index is 12.5. The van der Waals surface area contributed by atoms with Gasteiger partial charge in [-0.1, -0.05) is 13.8 Å². The molecule has 3 unspecified atom stereocenters. The summed E-state index contributed by atoms with van der Waals surface area (Å²) in [6.45, 7) is 5.98. The van der Waals surface area contributed by atoms with Gasteiger partial charge in [-0.25, -0.2) is 4.79 Å². The highest BCUT2D eigenvalue weighted by atomic mass is 16.7. The van der Waals surface area contributed by atoms with Crippen LogP contribution in [0.4, 0.5) is 0 Å². The van der Waals surface area contributed by atoms with Gasteiger partial charge in [-0.3, -0.25) is 0 Å². The number of cyclic esters (lactones) is 1. The van der Waals surface area contributed by atoms with Gasteiger partial charge >= 0.3 is 5.97 Å². The highest BCUT2D eigenvalue weighted by Crippen LogP contribution is 2.70. The van der Waals surface area contributed by atoms with Crippen LogP contribution in [0.1, 0.15) is 85.0 Å². The zero-order valence-electron chi connectivity index (χ0n) is 29.1. The lowest BCUT2D eigenvalue weighted by atomic mass is 9.42. The van der Waals surface area contributed by atoms with Gasteiger partial charge in [-0.05, 0) is 87.0 Å². The summed E-state index contributed by atoms with van der Waals surface area (Å²) in [6, 6.07) is 0. The van der Waals surface area contributed by atoms with Crippen molar-refractivity contribution < 1.29 is 63.9 Å². The molecule has 278 valence electrons. The van der Waals surface area contributed by atoms with Gasteiger partial charge in [-0.2, -0.15) is 0 Å². The van der Waals surface area contributed by atoms with E-state index in [1.54, 1.807) is 20.1 Å². The number of hydrogen-bond donors (Lipinski definition) is 6. The third-order valence-electron chi connectivity index (χ3n) is 14.5. The number of carbonyl (C=O) groups is 1. The second-order valence-electron chi connectivity index (χ2n) is 16.6. The van der Waals surface area contributed by atoms with E-state index in [9.17, 15) is 35.4 Å². The molecule has 0 radical (unpaired) electrons. The summed E-state index contributed by atoms with van der Waals surface area (Å²) in [5.74, 6) is 0.0783. The number of ether oxygens (including phenoxy) is 6. The fourth-order valence-corrected chi connectivity index (χ4v) is 11.5. The maximum Gasteiger partial charge on any atom is 0.331 e. The van der Waals surface area contributed by atoms with E-state index in [1.165, 1.54) is 0 Å². The van der Waals surface area contributed by atoms with Gasteiger partial charge in [0.1, 0.15) is 37.1 Å². The molecule has 17 atom stereocenters. The van der Waals surface area contributed by atoms with E-state index in [1.807, 2.05) is 0 Å². The summed E-state index contributed by atoms with van der Waals surface area (Å²) in [4.78, 5) is 11.9. The van der Waals surface area contributed by atoms with Crippen molar-refractivity contribution in [1.82, 2.24) is 0 Å². The molecule has 4 aliphatic carbocycles. The average Bonchev–Trinajstić information content (AvgIpc) is 3.61. The molecular formula is C36H56O13. The Bertz CT molecular complexity index is 1280. The molecular weight excluding hydrogens is 640 g/mol. The van der Waals surface area contributed by atoms with Crippen molar-refractivity contribution in [3.8, 4) is 0 Å². The Kier molecular flexibility index (Phi) is 9.60. The molecule has 0 aromatic rings. The van der Waals surface area contributed by atoms with Gasteiger partial charge in [-0.15, -0.1) is 0 Å². The molecule has 49 heavy (non-hydrogen) atoms. The highest BCUT2D eigenvalue weighted by Gasteiger charge is 2.70. The maximum absolute atomic E-state index is 12.5. The first-order valence-electron chi connectivity index (χ1n) is 18.3. The second-order valence-corrected chi connectivity index (χ2v) is 16.6. The minimum absolute atomic E-state index is 0.0724. The van der Waals surface area contributed by atoms with Gasteiger partial charge in [0.25, 0.3) is 0 Å². The van der Waals surface area contributed by atoms with Crippen molar-refractivity contribution in [1.29, 1.82) is 0 Å². The lowest BCUT2D eigenvalue weighted by Gasteiger charge is -2.66. The summed E-state index contributed by atoms with van der Waals surface area (Å²) in [5.41, 5.74) is -1.52. The summed E-state index contributed by atoms with van der Waals surface area (Å²) >= 11 is 0.